The number of rotatable bonds is 0. The summed E-state index contributed by atoms with van der Waals surface area (Å²) < 4.78 is 2.28. The third kappa shape index (κ3) is 2.00. The van der Waals surface area contributed by atoms with Gasteiger partial charge in [0.25, 0.3) is 0 Å². The second-order valence-electron chi connectivity index (χ2n) is 5.83. The van der Waals surface area contributed by atoms with Gasteiger partial charge in [-0.05, 0) is 36.6 Å². The predicted molar refractivity (Wildman–Crippen MR) is 104 cm³/mol. The highest BCUT2D eigenvalue weighted by Crippen LogP contribution is 2.32. The molecule has 2 aromatic heterocycles. The smallest absolute Gasteiger partial charge is 0.146 e. The molecular weight excluding hydrogens is 292 g/mol. The van der Waals surface area contributed by atoms with Gasteiger partial charge in [-0.25, -0.2) is 4.98 Å². The summed E-state index contributed by atoms with van der Waals surface area (Å²) in [7, 11) is 0. The molecule has 0 aliphatic heterocycles. The van der Waals surface area contributed by atoms with Crippen LogP contribution in [0.4, 0.5) is 0 Å². The van der Waals surface area contributed by atoms with Gasteiger partial charge in [0.05, 0.1) is 16.6 Å². The van der Waals surface area contributed by atoms with Crippen molar-refractivity contribution in [1.29, 1.82) is 0 Å². The van der Waals surface area contributed by atoms with Crippen molar-refractivity contribution in [2.24, 2.45) is 0 Å². The lowest BCUT2D eigenvalue weighted by Gasteiger charge is -2.09. The van der Waals surface area contributed by atoms with Crippen molar-refractivity contribution in [3.05, 3.63) is 72.3 Å². The first-order valence-electron chi connectivity index (χ1n) is 8.51. The van der Waals surface area contributed by atoms with E-state index in [0.717, 1.165) is 16.7 Å². The minimum absolute atomic E-state index is 1.04. The second-order valence-corrected chi connectivity index (χ2v) is 5.83. The Morgan fingerprint density at radius 2 is 1.42 bits per heavy atom. The van der Waals surface area contributed by atoms with E-state index >= 15 is 0 Å². The van der Waals surface area contributed by atoms with Crippen molar-refractivity contribution in [2.75, 3.05) is 0 Å². The molecule has 0 aliphatic rings. The lowest BCUT2D eigenvalue weighted by atomic mass is 10.0. The number of hydrogen-bond donors (Lipinski definition) is 0. The van der Waals surface area contributed by atoms with Crippen molar-refractivity contribution in [2.45, 2.75) is 20.8 Å². The minimum Gasteiger partial charge on any atom is -0.292 e. The summed E-state index contributed by atoms with van der Waals surface area (Å²) in [6, 6.07) is 23.5. The SMILES string of the molecule is CC.Cc1ccc2c(c1)c1ccccc1c1nc3ccccc3n21. The Kier molecular flexibility index (Phi) is 3.46. The molecule has 0 saturated carbocycles. The van der Waals surface area contributed by atoms with Crippen LogP contribution in [0.5, 0.6) is 0 Å². The molecule has 5 aromatic rings. The average molecular weight is 312 g/mol. The van der Waals surface area contributed by atoms with Crippen LogP contribution >= 0.6 is 0 Å². The molecule has 0 spiro atoms. The molecule has 2 heteroatoms. The fourth-order valence-electron chi connectivity index (χ4n) is 3.42. The molecule has 0 radical (unpaired) electrons. The molecule has 2 heterocycles. The van der Waals surface area contributed by atoms with Crippen LogP contribution in [0.2, 0.25) is 0 Å². The zero-order valence-electron chi connectivity index (χ0n) is 14.2. The summed E-state index contributed by atoms with van der Waals surface area (Å²) in [6.07, 6.45) is 0. The summed E-state index contributed by atoms with van der Waals surface area (Å²) in [5, 5.41) is 3.76. The highest BCUT2D eigenvalue weighted by Gasteiger charge is 2.12. The zero-order valence-corrected chi connectivity index (χ0v) is 14.2. The molecule has 0 aliphatic carbocycles. The molecule has 3 aromatic carbocycles. The average Bonchev–Trinajstić information content (AvgIpc) is 3.03. The van der Waals surface area contributed by atoms with E-state index in [0.29, 0.717) is 0 Å². The van der Waals surface area contributed by atoms with E-state index in [4.69, 9.17) is 4.98 Å². The monoisotopic (exact) mass is 312 g/mol. The van der Waals surface area contributed by atoms with Crippen LogP contribution in [0, 0.1) is 6.92 Å². The van der Waals surface area contributed by atoms with Crippen molar-refractivity contribution < 1.29 is 0 Å². The number of nitrogens with zero attached hydrogens (tertiary/aromatic N) is 2. The van der Waals surface area contributed by atoms with E-state index in [1.54, 1.807) is 0 Å². The molecule has 24 heavy (non-hydrogen) atoms. The zero-order chi connectivity index (χ0) is 16.7. The molecule has 0 saturated heterocycles. The van der Waals surface area contributed by atoms with Crippen molar-refractivity contribution in [3.63, 3.8) is 0 Å². The lowest BCUT2D eigenvalue weighted by Crippen LogP contribution is -1.91. The Morgan fingerprint density at radius 3 is 2.25 bits per heavy atom. The summed E-state index contributed by atoms with van der Waals surface area (Å²) in [5.74, 6) is 0. The third-order valence-electron chi connectivity index (χ3n) is 4.41. The van der Waals surface area contributed by atoms with Crippen molar-refractivity contribution in [1.82, 2.24) is 9.38 Å². The highest BCUT2D eigenvalue weighted by molar-refractivity contribution is 6.13. The number of benzene rings is 3. The lowest BCUT2D eigenvalue weighted by molar-refractivity contribution is 1.31. The largest absolute Gasteiger partial charge is 0.292 e. The first-order valence-corrected chi connectivity index (χ1v) is 8.51. The molecule has 0 amide bonds. The number of para-hydroxylation sites is 2. The van der Waals surface area contributed by atoms with Gasteiger partial charge in [0.2, 0.25) is 0 Å². The number of pyridine rings is 1. The van der Waals surface area contributed by atoms with Crippen LogP contribution in [0.25, 0.3) is 38.4 Å². The Labute approximate surface area is 141 Å². The summed E-state index contributed by atoms with van der Waals surface area (Å²) >= 11 is 0. The third-order valence-corrected chi connectivity index (χ3v) is 4.41. The van der Waals surface area contributed by atoms with Gasteiger partial charge >= 0.3 is 0 Å². The van der Waals surface area contributed by atoms with Gasteiger partial charge in [-0.3, -0.25) is 4.40 Å². The Hall–Kier alpha value is -2.87. The summed E-state index contributed by atoms with van der Waals surface area (Å²) in [5.41, 5.74) is 5.74. The molecule has 0 unspecified atom stereocenters. The summed E-state index contributed by atoms with van der Waals surface area (Å²) in [6.45, 7) is 6.14. The van der Waals surface area contributed by atoms with E-state index in [9.17, 15) is 0 Å². The number of hydrogen-bond acceptors (Lipinski definition) is 1. The maximum absolute atomic E-state index is 4.88. The van der Waals surface area contributed by atoms with Gasteiger partial charge in [-0.15, -0.1) is 0 Å². The fourth-order valence-corrected chi connectivity index (χ4v) is 3.42. The first-order chi connectivity index (χ1) is 11.8. The van der Waals surface area contributed by atoms with Crippen LogP contribution in [-0.2, 0) is 0 Å². The number of aromatic nitrogens is 2. The second kappa shape index (κ2) is 5.64. The van der Waals surface area contributed by atoms with Crippen LogP contribution < -0.4 is 0 Å². The van der Waals surface area contributed by atoms with E-state index < -0.39 is 0 Å². The Bertz CT molecular complexity index is 1180. The molecule has 0 fully saturated rings. The van der Waals surface area contributed by atoms with Gasteiger partial charge in [0, 0.05) is 10.8 Å². The van der Waals surface area contributed by atoms with Gasteiger partial charge in [-0.2, -0.15) is 0 Å². The molecule has 118 valence electrons. The highest BCUT2D eigenvalue weighted by atomic mass is 15.0. The number of fused-ring (bicyclic) bond motifs is 8. The van der Waals surface area contributed by atoms with Gasteiger partial charge < -0.3 is 0 Å². The fraction of sp³-hybridized carbons (Fsp3) is 0.136. The van der Waals surface area contributed by atoms with Gasteiger partial charge in [0.15, 0.2) is 0 Å². The van der Waals surface area contributed by atoms with E-state index in [2.05, 4.69) is 72.0 Å². The molecular formula is C22H20N2. The van der Waals surface area contributed by atoms with E-state index in [1.807, 2.05) is 19.9 Å². The maximum atomic E-state index is 4.88. The van der Waals surface area contributed by atoms with Crippen molar-refractivity contribution in [3.8, 4) is 0 Å². The Balaban J connectivity index is 0.000000704. The molecule has 0 bridgehead atoms. The molecule has 2 nitrogen and oxygen atoms in total. The number of aryl methyl sites for hydroxylation is 1. The quantitative estimate of drug-likeness (QED) is 0.314. The summed E-state index contributed by atoms with van der Waals surface area (Å²) in [4.78, 5) is 4.88. The van der Waals surface area contributed by atoms with E-state index in [1.165, 1.54) is 27.2 Å². The standard InChI is InChI=1S/C20H14N2.C2H6/c1-13-10-11-18-16(12-13)14-6-2-3-7-15(14)20-21-17-8-4-5-9-19(17)22(18)20;1-2/h2-12H,1H3;1-2H3. The Morgan fingerprint density at radius 1 is 0.708 bits per heavy atom. The molecule has 0 N–H and O–H groups in total. The van der Waals surface area contributed by atoms with Crippen LogP contribution in [-0.4, -0.2) is 9.38 Å². The van der Waals surface area contributed by atoms with Crippen molar-refractivity contribution >= 4 is 38.4 Å². The number of imidazole rings is 1. The van der Waals surface area contributed by atoms with Crippen LogP contribution in [0.15, 0.2) is 66.7 Å². The topological polar surface area (TPSA) is 17.3 Å². The van der Waals surface area contributed by atoms with Gasteiger partial charge in [0.1, 0.15) is 5.65 Å². The van der Waals surface area contributed by atoms with E-state index in [-0.39, 0.29) is 0 Å². The predicted octanol–water partition coefficient (Wildman–Crippen LogP) is 6.13. The van der Waals surface area contributed by atoms with Gasteiger partial charge in [-0.1, -0.05) is 61.9 Å². The van der Waals surface area contributed by atoms with Crippen LogP contribution in [0.3, 0.4) is 0 Å². The first kappa shape index (κ1) is 14.7. The molecule has 0 atom stereocenters. The van der Waals surface area contributed by atoms with Crippen LogP contribution in [0.1, 0.15) is 19.4 Å². The normalized spacial score (nSPS) is 11.1. The maximum Gasteiger partial charge on any atom is 0.146 e. The minimum atomic E-state index is 1.04. The molecule has 5 rings (SSSR count).